The van der Waals surface area contributed by atoms with E-state index in [2.05, 4.69) is 10.4 Å². The highest BCUT2D eigenvalue weighted by Gasteiger charge is 2.20. The second-order valence-electron chi connectivity index (χ2n) is 3.60. The molecule has 0 atom stereocenters. The van der Waals surface area contributed by atoms with E-state index in [1.54, 1.807) is 12.3 Å². The van der Waals surface area contributed by atoms with Crippen molar-refractivity contribution in [3.8, 4) is 5.75 Å². The SMILES string of the molecule is NNc1cc(OCCC2CC2)ccn1. The van der Waals surface area contributed by atoms with Gasteiger partial charge in [-0.1, -0.05) is 12.8 Å². The predicted octanol–water partition coefficient (Wildman–Crippen LogP) is 1.55. The van der Waals surface area contributed by atoms with Crippen LogP contribution in [0.1, 0.15) is 19.3 Å². The molecule has 0 spiro atoms. The van der Waals surface area contributed by atoms with E-state index in [1.807, 2.05) is 6.07 Å². The molecule has 1 aliphatic carbocycles. The Morgan fingerprint density at radius 2 is 2.43 bits per heavy atom. The summed E-state index contributed by atoms with van der Waals surface area (Å²) >= 11 is 0. The molecule has 1 aromatic heterocycles. The summed E-state index contributed by atoms with van der Waals surface area (Å²) in [5.41, 5.74) is 2.49. The smallest absolute Gasteiger partial charge is 0.143 e. The fraction of sp³-hybridized carbons (Fsp3) is 0.500. The van der Waals surface area contributed by atoms with Crippen molar-refractivity contribution in [1.29, 1.82) is 0 Å². The van der Waals surface area contributed by atoms with Crippen molar-refractivity contribution < 1.29 is 4.74 Å². The van der Waals surface area contributed by atoms with Crippen molar-refractivity contribution in [3.63, 3.8) is 0 Å². The highest BCUT2D eigenvalue weighted by molar-refractivity contribution is 5.39. The van der Waals surface area contributed by atoms with E-state index in [4.69, 9.17) is 10.6 Å². The van der Waals surface area contributed by atoms with Crippen LogP contribution < -0.4 is 16.0 Å². The third-order valence-electron chi connectivity index (χ3n) is 2.37. The van der Waals surface area contributed by atoms with E-state index >= 15 is 0 Å². The van der Waals surface area contributed by atoms with Gasteiger partial charge in [-0.3, -0.25) is 0 Å². The Bertz CT molecular complexity index is 299. The molecule has 0 aliphatic heterocycles. The number of nitrogens with one attached hydrogen (secondary N) is 1. The van der Waals surface area contributed by atoms with E-state index in [1.165, 1.54) is 12.8 Å². The van der Waals surface area contributed by atoms with E-state index in [0.29, 0.717) is 5.82 Å². The number of nitrogen functional groups attached to an aromatic ring is 1. The Morgan fingerprint density at radius 1 is 1.57 bits per heavy atom. The normalized spacial score (nSPS) is 15.2. The molecule has 4 nitrogen and oxygen atoms in total. The maximum Gasteiger partial charge on any atom is 0.143 e. The molecule has 3 N–H and O–H groups in total. The first-order valence-electron chi connectivity index (χ1n) is 4.94. The lowest BCUT2D eigenvalue weighted by molar-refractivity contribution is 0.302. The maximum absolute atomic E-state index is 5.56. The number of rotatable bonds is 5. The summed E-state index contributed by atoms with van der Waals surface area (Å²) < 4.78 is 5.56. The number of anilines is 1. The average Bonchev–Trinajstić information content (AvgIpc) is 3.02. The van der Waals surface area contributed by atoms with Crippen LogP contribution in [0, 0.1) is 5.92 Å². The van der Waals surface area contributed by atoms with Gasteiger partial charge in [-0.25, -0.2) is 10.8 Å². The molecule has 2 rings (SSSR count). The van der Waals surface area contributed by atoms with Crippen LogP contribution in [0.25, 0.3) is 0 Å². The summed E-state index contributed by atoms with van der Waals surface area (Å²) in [6.45, 7) is 0.790. The van der Waals surface area contributed by atoms with Gasteiger partial charge in [0.05, 0.1) is 6.61 Å². The summed E-state index contributed by atoms with van der Waals surface area (Å²) in [5.74, 6) is 7.60. The molecule has 0 amide bonds. The number of hydrogen-bond donors (Lipinski definition) is 2. The minimum Gasteiger partial charge on any atom is -0.493 e. The first-order chi connectivity index (χ1) is 6.88. The van der Waals surface area contributed by atoms with Crippen LogP contribution in [0.15, 0.2) is 18.3 Å². The fourth-order valence-corrected chi connectivity index (χ4v) is 1.33. The highest BCUT2D eigenvalue weighted by atomic mass is 16.5. The van der Waals surface area contributed by atoms with Crippen molar-refractivity contribution in [3.05, 3.63) is 18.3 Å². The lowest BCUT2D eigenvalue weighted by atomic mass is 10.3. The predicted molar refractivity (Wildman–Crippen MR) is 54.9 cm³/mol. The van der Waals surface area contributed by atoms with Crippen LogP contribution in [0.5, 0.6) is 5.75 Å². The van der Waals surface area contributed by atoms with Gasteiger partial charge in [0, 0.05) is 12.3 Å². The summed E-state index contributed by atoms with van der Waals surface area (Å²) in [5, 5.41) is 0. The molecule has 4 heteroatoms. The molecular formula is C10H15N3O. The van der Waals surface area contributed by atoms with Gasteiger partial charge in [0.2, 0.25) is 0 Å². The third kappa shape index (κ3) is 2.60. The summed E-state index contributed by atoms with van der Waals surface area (Å²) in [7, 11) is 0. The summed E-state index contributed by atoms with van der Waals surface area (Å²) in [6.07, 6.45) is 5.58. The molecule has 0 unspecified atom stereocenters. The first-order valence-corrected chi connectivity index (χ1v) is 4.94. The van der Waals surface area contributed by atoms with Crippen LogP contribution in [0.3, 0.4) is 0 Å². The van der Waals surface area contributed by atoms with Crippen molar-refractivity contribution in [2.75, 3.05) is 12.0 Å². The molecule has 0 bridgehead atoms. The molecule has 1 aromatic rings. The van der Waals surface area contributed by atoms with E-state index in [0.717, 1.165) is 24.7 Å². The van der Waals surface area contributed by atoms with Crippen LogP contribution >= 0.6 is 0 Å². The van der Waals surface area contributed by atoms with Gasteiger partial charge >= 0.3 is 0 Å². The van der Waals surface area contributed by atoms with Crippen LogP contribution in [0.2, 0.25) is 0 Å². The van der Waals surface area contributed by atoms with Crippen LogP contribution in [0.4, 0.5) is 5.82 Å². The molecule has 0 saturated heterocycles. The minimum atomic E-state index is 0.633. The third-order valence-corrected chi connectivity index (χ3v) is 2.37. The molecule has 76 valence electrons. The lowest BCUT2D eigenvalue weighted by Gasteiger charge is -2.06. The zero-order chi connectivity index (χ0) is 9.80. The Balaban J connectivity index is 1.81. The number of hydrogen-bond acceptors (Lipinski definition) is 4. The van der Waals surface area contributed by atoms with Gasteiger partial charge in [-0.15, -0.1) is 0 Å². The maximum atomic E-state index is 5.56. The standard InChI is InChI=1S/C10H15N3O/c11-13-10-7-9(3-5-12-10)14-6-4-8-1-2-8/h3,5,7-8H,1-2,4,6,11H2,(H,12,13). The zero-order valence-electron chi connectivity index (χ0n) is 8.07. The molecule has 0 aromatic carbocycles. The molecule has 1 aliphatic rings. The number of ether oxygens (including phenoxy) is 1. The van der Waals surface area contributed by atoms with Crippen molar-refractivity contribution in [2.24, 2.45) is 11.8 Å². The molecular weight excluding hydrogens is 178 g/mol. The average molecular weight is 193 g/mol. The monoisotopic (exact) mass is 193 g/mol. The molecule has 14 heavy (non-hydrogen) atoms. The van der Waals surface area contributed by atoms with Crippen molar-refractivity contribution >= 4 is 5.82 Å². The Kier molecular flexibility index (Phi) is 2.84. The molecule has 0 radical (unpaired) electrons. The highest BCUT2D eigenvalue weighted by Crippen LogP contribution is 2.32. The summed E-state index contributed by atoms with van der Waals surface area (Å²) in [6, 6.07) is 3.64. The second-order valence-corrected chi connectivity index (χ2v) is 3.60. The second kappa shape index (κ2) is 4.28. The van der Waals surface area contributed by atoms with Crippen LogP contribution in [-0.4, -0.2) is 11.6 Å². The largest absolute Gasteiger partial charge is 0.493 e. The van der Waals surface area contributed by atoms with E-state index < -0.39 is 0 Å². The molecule has 1 heterocycles. The van der Waals surface area contributed by atoms with Crippen LogP contribution in [-0.2, 0) is 0 Å². The molecule has 1 saturated carbocycles. The Hall–Kier alpha value is -1.29. The van der Waals surface area contributed by atoms with Gasteiger partial charge in [0.1, 0.15) is 11.6 Å². The van der Waals surface area contributed by atoms with Crippen molar-refractivity contribution in [1.82, 2.24) is 4.98 Å². The number of hydrazine groups is 1. The van der Waals surface area contributed by atoms with Gasteiger partial charge in [-0.05, 0) is 18.4 Å². The minimum absolute atomic E-state index is 0.633. The van der Waals surface area contributed by atoms with E-state index in [-0.39, 0.29) is 0 Å². The topological polar surface area (TPSA) is 60.2 Å². The number of aromatic nitrogens is 1. The quantitative estimate of drug-likeness (QED) is 0.550. The lowest BCUT2D eigenvalue weighted by Crippen LogP contribution is -2.08. The van der Waals surface area contributed by atoms with Gasteiger partial charge < -0.3 is 10.2 Å². The zero-order valence-corrected chi connectivity index (χ0v) is 8.07. The number of nitrogens with zero attached hydrogens (tertiary/aromatic N) is 1. The number of nitrogens with two attached hydrogens (primary N) is 1. The molecule has 1 fully saturated rings. The van der Waals surface area contributed by atoms with Crippen molar-refractivity contribution in [2.45, 2.75) is 19.3 Å². The first kappa shape index (κ1) is 9.27. The summed E-state index contributed by atoms with van der Waals surface area (Å²) in [4.78, 5) is 4.00. The fourth-order valence-electron chi connectivity index (χ4n) is 1.33. The Morgan fingerprint density at radius 3 is 3.14 bits per heavy atom. The van der Waals surface area contributed by atoms with Gasteiger partial charge in [0.15, 0.2) is 0 Å². The Labute approximate surface area is 83.4 Å². The number of pyridine rings is 1. The van der Waals surface area contributed by atoms with E-state index in [9.17, 15) is 0 Å². The van der Waals surface area contributed by atoms with Gasteiger partial charge in [0.25, 0.3) is 0 Å². The van der Waals surface area contributed by atoms with Gasteiger partial charge in [-0.2, -0.15) is 0 Å².